The van der Waals surface area contributed by atoms with Crippen molar-refractivity contribution in [2.24, 2.45) is 0 Å². The molecule has 0 atom stereocenters. The number of carbonyl (C=O) groups is 1. The van der Waals surface area contributed by atoms with Gasteiger partial charge in [0.25, 0.3) is 5.91 Å². The van der Waals surface area contributed by atoms with E-state index in [9.17, 15) is 13.2 Å². The van der Waals surface area contributed by atoms with Gasteiger partial charge in [-0.1, -0.05) is 41.8 Å². The van der Waals surface area contributed by atoms with Gasteiger partial charge in [0.15, 0.2) is 0 Å². The van der Waals surface area contributed by atoms with Crippen LogP contribution in [-0.4, -0.2) is 48.6 Å². The Morgan fingerprint density at radius 3 is 2.50 bits per heavy atom. The fourth-order valence-electron chi connectivity index (χ4n) is 4.30. The number of piperidine rings is 1. The van der Waals surface area contributed by atoms with Crippen molar-refractivity contribution in [1.82, 2.24) is 14.1 Å². The summed E-state index contributed by atoms with van der Waals surface area (Å²) in [7, 11) is -2.24. The van der Waals surface area contributed by atoms with Gasteiger partial charge in [0.2, 0.25) is 10.0 Å². The molecule has 0 aliphatic carbocycles. The number of ether oxygens (including phenoxy) is 1. The number of hydrogen-bond acceptors (Lipinski definition) is 5. The highest BCUT2D eigenvalue weighted by Crippen LogP contribution is 2.33. The SMILES string of the molecule is COc1cccc(Cn2nc(C)c(NC(=O)c3cc(S(=O)(=O)N4CCCCC4)c(Cl)cc3Cl)c2C)c1. The van der Waals surface area contributed by atoms with Crippen molar-refractivity contribution in [3.05, 3.63) is 69.0 Å². The summed E-state index contributed by atoms with van der Waals surface area (Å²) in [6, 6.07) is 10.2. The average Bonchev–Trinajstić information content (AvgIpc) is 3.11. The average molecular weight is 551 g/mol. The smallest absolute Gasteiger partial charge is 0.257 e. The van der Waals surface area contributed by atoms with Crippen LogP contribution in [0.3, 0.4) is 0 Å². The summed E-state index contributed by atoms with van der Waals surface area (Å²) >= 11 is 12.6. The van der Waals surface area contributed by atoms with Gasteiger partial charge in [0.05, 0.1) is 46.3 Å². The molecule has 36 heavy (non-hydrogen) atoms. The second kappa shape index (κ2) is 10.8. The number of rotatable bonds is 7. The van der Waals surface area contributed by atoms with Gasteiger partial charge in [-0.15, -0.1) is 0 Å². The van der Waals surface area contributed by atoms with E-state index in [1.165, 1.54) is 16.4 Å². The molecule has 1 saturated heterocycles. The lowest BCUT2D eigenvalue weighted by molar-refractivity contribution is 0.102. The first-order chi connectivity index (χ1) is 17.1. The fraction of sp³-hybridized carbons (Fsp3) is 0.360. The zero-order valence-corrected chi connectivity index (χ0v) is 22.7. The molecule has 0 bridgehead atoms. The van der Waals surface area contributed by atoms with Gasteiger partial charge in [-0.05, 0) is 56.5 Å². The van der Waals surface area contributed by atoms with Crippen molar-refractivity contribution in [3.8, 4) is 5.75 Å². The predicted molar refractivity (Wildman–Crippen MR) is 141 cm³/mol. The van der Waals surface area contributed by atoms with E-state index < -0.39 is 15.9 Å². The fourth-order valence-corrected chi connectivity index (χ4v) is 6.65. The van der Waals surface area contributed by atoms with E-state index in [2.05, 4.69) is 10.4 Å². The Kier molecular flexibility index (Phi) is 7.94. The third-order valence-electron chi connectivity index (χ3n) is 6.29. The number of halogens is 2. The summed E-state index contributed by atoms with van der Waals surface area (Å²) in [5.41, 5.74) is 2.92. The van der Waals surface area contributed by atoms with Gasteiger partial charge < -0.3 is 10.1 Å². The zero-order valence-electron chi connectivity index (χ0n) is 20.3. The molecular formula is C25H28Cl2N4O4S. The monoisotopic (exact) mass is 550 g/mol. The standard InChI is InChI=1S/C25H28Cl2N4O4S/c1-16-24(17(2)31(29-16)15-18-8-7-9-19(12-18)35-3)28-25(32)20-13-23(22(27)14-21(20)26)36(33,34)30-10-5-4-6-11-30/h7-9,12-14H,4-6,10-11,15H2,1-3H3,(H,28,32). The number of sulfonamides is 1. The molecule has 1 N–H and O–H groups in total. The van der Waals surface area contributed by atoms with Crippen LogP contribution in [0.15, 0.2) is 41.3 Å². The molecule has 1 fully saturated rings. The molecule has 0 spiro atoms. The van der Waals surface area contributed by atoms with Crippen LogP contribution in [0.2, 0.25) is 10.0 Å². The Hall–Kier alpha value is -2.59. The largest absolute Gasteiger partial charge is 0.497 e. The molecule has 2 aromatic carbocycles. The normalized spacial score (nSPS) is 14.6. The number of carbonyl (C=O) groups excluding carboxylic acids is 1. The third-order valence-corrected chi connectivity index (χ3v) is 8.96. The van der Waals surface area contributed by atoms with E-state index >= 15 is 0 Å². The lowest BCUT2D eigenvalue weighted by Crippen LogP contribution is -2.35. The summed E-state index contributed by atoms with van der Waals surface area (Å²) in [6.07, 6.45) is 2.56. The number of amides is 1. The Bertz CT molecular complexity index is 1400. The van der Waals surface area contributed by atoms with Crippen molar-refractivity contribution in [3.63, 3.8) is 0 Å². The van der Waals surface area contributed by atoms with Crippen molar-refractivity contribution < 1.29 is 17.9 Å². The van der Waals surface area contributed by atoms with Crippen LogP contribution in [0.4, 0.5) is 5.69 Å². The minimum Gasteiger partial charge on any atom is -0.497 e. The highest BCUT2D eigenvalue weighted by atomic mass is 35.5. The van der Waals surface area contributed by atoms with E-state index in [0.717, 1.165) is 36.3 Å². The summed E-state index contributed by atoms with van der Waals surface area (Å²) in [4.78, 5) is 13.1. The van der Waals surface area contributed by atoms with E-state index in [-0.39, 0.29) is 20.5 Å². The lowest BCUT2D eigenvalue weighted by atomic mass is 10.2. The van der Waals surface area contributed by atoms with Crippen molar-refractivity contribution in [1.29, 1.82) is 0 Å². The van der Waals surface area contributed by atoms with Gasteiger partial charge in [-0.2, -0.15) is 9.40 Å². The van der Waals surface area contributed by atoms with E-state index in [4.69, 9.17) is 27.9 Å². The molecule has 1 amide bonds. The molecular weight excluding hydrogens is 523 g/mol. The molecule has 1 aliphatic heterocycles. The van der Waals surface area contributed by atoms with Gasteiger partial charge in [-0.3, -0.25) is 9.48 Å². The van der Waals surface area contributed by atoms with Crippen LogP contribution in [0, 0.1) is 13.8 Å². The highest BCUT2D eigenvalue weighted by molar-refractivity contribution is 7.89. The molecule has 1 aliphatic rings. The number of aromatic nitrogens is 2. The maximum Gasteiger partial charge on any atom is 0.257 e. The summed E-state index contributed by atoms with van der Waals surface area (Å²) < 4.78 is 34.9. The van der Waals surface area contributed by atoms with Gasteiger partial charge in [0.1, 0.15) is 10.6 Å². The maximum atomic E-state index is 13.3. The topological polar surface area (TPSA) is 93.5 Å². The second-order valence-corrected chi connectivity index (χ2v) is 11.5. The van der Waals surface area contributed by atoms with E-state index in [0.29, 0.717) is 31.0 Å². The molecule has 1 aromatic heterocycles. The molecule has 11 heteroatoms. The van der Waals surface area contributed by atoms with Crippen LogP contribution in [0.25, 0.3) is 0 Å². The Labute approximate surface area is 221 Å². The molecule has 4 rings (SSSR count). The summed E-state index contributed by atoms with van der Waals surface area (Å²) in [5, 5.41) is 7.48. The summed E-state index contributed by atoms with van der Waals surface area (Å²) in [5.74, 6) is 0.203. The first-order valence-corrected chi connectivity index (χ1v) is 13.8. The summed E-state index contributed by atoms with van der Waals surface area (Å²) in [6.45, 7) is 4.98. The number of hydrogen-bond donors (Lipinski definition) is 1. The number of nitrogens with zero attached hydrogens (tertiary/aromatic N) is 3. The Morgan fingerprint density at radius 1 is 1.08 bits per heavy atom. The zero-order chi connectivity index (χ0) is 26.0. The van der Waals surface area contributed by atoms with Crippen LogP contribution < -0.4 is 10.1 Å². The van der Waals surface area contributed by atoms with Crippen LogP contribution in [0.5, 0.6) is 5.75 Å². The molecule has 0 radical (unpaired) electrons. The van der Waals surface area contributed by atoms with Crippen LogP contribution in [0.1, 0.15) is 46.6 Å². The van der Waals surface area contributed by atoms with E-state index in [1.807, 2.05) is 31.2 Å². The Morgan fingerprint density at radius 2 is 1.81 bits per heavy atom. The third kappa shape index (κ3) is 5.39. The van der Waals surface area contributed by atoms with E-state index in [1.54, 1.807) is 18.7 Å². The lowest BCUT2D eigenvalue weighted by Gasteiger charge is -2.26. The second-order valence-electron chi connectivity index (χ2n) is 8.74. The van der Waals surface area contributed by atoms with Crippen LogP contribution >= 0.6 is 23.2 Å². The minimum absolute atomic E-state index is 0.0133. The molecule has 192 valence electrons. The quantitative estimate of drug-likeness (QED) is 0.431. The minimum atomic E-state index is -3.85. The number of anilines is 1. The first-order valence-electron chi connectivity index (χ1n) is 11.6. The number of nitrogens with one attached hydrogen (secondary N) is 1. The number of benzene rings is 2. The van der Waals surface area contributed by atoms with Crippen molar-refractivity contribution >= 4 is 44.8 Å². The molecule has 8 nitrogen and oxygen atoms in total. The van der Waals surface area contributed by atoms with Gasteiger partial charge in [-0.25, -0.2) is 8.42 Å². The number of aryl methyl sites for hydroxylation is 1. The predicted octanol–water partition coefficient (Wildman–Crippen LogP) is 5.29. The van der Waals surface area contributed by atoms with Crippen LogP contribution in [-0.2, 0) is 16.6 Å². The van der Waals surface area contributed by atoms with Gasteiger partial charge in [0, 0.05) is 13.1 Å². The molecule has 3 aromatic rings. The maximum absolute atomic E-state index is 13.3. The highest BCUT2D eigenvalue weighted by Gasteiger charge is 2.30. The van der Waals surface area contributed by atoms with Crippen molar-refractivity contribution in [2.45, 2.75) is 44.6 Å². The Balaban J connectivity index is 1.61. The number of methoxy groups -OCH3 is 1. The van der Waals surface area contributed by atoms with Crippen molar-refractivity contribution in [2.75, 3.05) is 25.5 Å². The van der Waals surface area contributed by atoms with Gasteiger partial charge >= 0.3 is 0 Å². The molecule has 0 unspecified atom stereocenters. The first kappa shape index (κ1) is 26.5. The molecule has 2 heterocycles. The molecule has 0 saturated carbocycles.